The molecular weight excluding hydrogens is 177 g/mol. The number of rotatable bonds is 3. The molecule has 0 radical (unpaired) electrons. The fourth-order valence-corrected chi connectivity index (χ4v) is 0.862. The third-order valence-electron chi connectivity index (χ3n) is 1.36. The van der Waals surface area contributed by atoms with Crippen LogP contribution in [-0.4, -0.2) is 23.1 Å². The lowest BCUT2D eigenvalue weighted by atomic mass is 10.2. The Balaban J connectivity index is 2.93. The zero-order valence-corrected chi connectivity index (χ0v) is 6.45. The zero-order valence-electron chi connectivity index (χ0n) is 9.45. The predicted molar refractivity (Wildman–Crippen MR) is 41.9 cm³/mol. The van der Waals surface area contributed by atoms with Crippen LogP contribution in [0.2, 0.25) is 0 Å². The first-order valence-corrected chi connectivity index (χ1v) is 3.31. The molecule has 5 heteroatoms. The van der Waals surface area contributed by atoms with Crippen molar-refractivity contribution >= 4 is 5.97 Å². The van der Waals surface area contributed by atoms with Crippen molar-refractivity contribution in [1.82, 2.24) is 4.98 Å². The molecule has 1 aromatic rings. The molecule has 0 aliphatic carbocycles. The van der Waals surface area contributed by atoms with E-state index in [4.69, 9.17) is 9.22 Å². The molecular formula is C8H8FNO3. The topological polar surface area (TPSA) is 59.4 Å². The molecule has 1 rings (SSSR count). The molecule has 0 saturated carbocycles. The monoisotopic (exact) mass is 188 g/mol. The molecule has 1 N–H and O–H groups in total. The molecule has 0 aliphatic rings. The second-order valence-corrected chi connectivity index (χ2v) is 2.26. The first-order valence-electron chi connectivity index (χ1n) is 4.81. The summed E-state index contributed by atoms with van der Waals surface area (Å²) in [4.78, 5) is 14.0. The minimum atomic E-state index is -2.66. The van der Waals surface area contributed by atoms with Gasteiger partial charge in [-0.3, -0.25) is 0 Å². The van der Waals surface area contributed by atoms with Crippen molar-refractivity contribution < 1.29 is 23.1 Å². The van der Waals surface area contributed by atoms with Gasteiger partial charge in [0.25, 0.3) is 0 Å². The molecule has 0 saturated heterocycles. The van der Waals surface area contributed by atoms with Crippen molar-refractivity contribution in [3.05, 3.63) is 29.3 Å². The molecule has 1 heterocycles. The number of ether oxygens (including phenoxy) is 1. The quantitative estimate of drug-likeness (QED) is 0.770. The average Bonchev–Trinajstić information content (AvgIpc) is 2.13. The largest absolute Gasteiger partial charge is 0.477 e. The van der Waals surface area contributed by atoms with E-state index in [0.717, 1.165) is 12.3 Å². The van der Waals surface area contributed by atoms with Crippen LogP contribution in [0.1, 0.15) is 20.2 Å². The van der Waals surface area contributed by atoms with Gasteiger partial charge in [0, 0.05) is 12.6 Å². The maximum Gasteiger partial charge on any atom is 0.354 e. The van der Waals surface area contributed by atoms with Crippen LogP contribution in [0.15, 0.2) is 12.3 Å². The van der Waals surface area contributed by atoms with E-state index >= 15 is 0 Å². The lowest BCUT2D eigenvalue weighted by molar-refractivity contribution is 0.0684. The van der Waals surface area contributed by atoms with E-state index in [1.807, 2.05) is 0 Å². The Morgan fingerprint density at radius 2 is 2.69 bits per heavy atom. The highest BCUT2D eigenvalue weighted by Crippen LogP contribution is 2.09. The van der Waals surface area contributed by atoms with Crippen molar-refractivity contribution in [2.24, 2.45) is 0 Å². The fraction of sp³-hybridized carbons (Fsp3) is 0.250. The summed E-state index contributed by atoms with van der Waals surface area (Å²) >= 11 is 0. The zero-order chi connectivity index (χ0) is 12.3. The first kappa shape index (κ1) is 6.04. The van der Waals surface area contributed by atoms with E-state index in [-0.39, 0.29) is 5.56 Å². The van der Waals surface area contributed by atoms with Gasteiger partial charge < -0.3 is 9.84 Å². The van der Waals surface area contributed by atoms with Gasteiger partial charge in [0.2, 0.25) is 0 Å². The van der Waals surface area contributed by atoms with E-state index in [1.54, 1.807) is 0 Å². The number of halogens is 1. The Kier molecular flexibility index (Phi) is 1.84. The highest BCUT2D eigenvalue weighted by atomic mass is 19.1. The van der Waals surface area contributed by atoms with Gasteiger partial charge in [-0.1, -0.05) is 0 Å². The number of hydrogen-bond acceptors (Lipinski definition) is 3. The van der Waals surface area contributed by atoms with Gasteiger partial charge in [-0.25, -0.2) is 14.2 Å². The van der Waals surface area contributed by atoms with Crippen LogP contribution in [0.5, 0.6) is 0 Å². The SMILES string of the molecule is [2H]C([2H])([2H])OCc1cc(F)cnc1C(=O)O. The smallest absolute Gasteiger partial charge is 0.354 e. The molecule has 0 bridgehead atoms. The van der Waals surface area contributed by atoms with Crippen LogP contribution in [0.3, 0.4) is 0 Å². The van der Waals surface area contributed by atoms with Crippen molar-refractivity contribution in [2.75, 3.05) is 7.04 Å². The van der Waals surface area contributed by atoms with Gasteiger partial charge in [0.15, 0.2) is 5.69 Å². The van der Waals surface area contributed by atoms with Gasteiger partial charge in [0.05, 0.1) is 16.9 Å². The first-order chi connectivity index (χ1) is 7.29. The minimum Gasteiger partial charge on any atom is -0.477 e. The van der Waals surface area contributed by atoms with Crippen molar-refractivity contribution in [1.29, 1.82) is 0 Å². The van der Waals surface area contributed by atoms with Crippen LogP contribution in [-0.2, 0) is 11.3 Å². The molecule has 13 heavy (non-hydrogen) atoms. The normalized spacial score (nSPS) is 14.4. The van der Waals surface area contributed by atoms with Crippen molar-refractivity contribution in [3.8, 4) is 0 Å². The molecule has 0 amide bonds. The fourth-order valence-electron chi connectivity index (χ4n) is 0.862. The minimum absolute atomic E-state index is 0.122. The predicted octanol–water partition coefficient (Wildman–Crippen LogP) is 1.07. The maximum absolute atomic E-state index is 12.8. The number of nitrogens with zero attached hydrogens (tertiary/aromatic N) is 1. The Hall–Kier alpha value is -1.49. The summed E-state index contributed by atoms with van der Waals surface area (Å²) in [6.45, 7) is -0.539. The molecule has 4 nitrogen and oxygen atoms in total. The Morgan fingerprint density at radius 3 is 3.31 bits per heavy atom. The van der Waals surface area contributed by atoms with E-state index < -0.39 is 31.1 Å². The highest BCUT2D eigenvalue weighted by molar-refractivity contribution is 5.86. The summed E-state index contributed by atoms with van der Waals surface area (Å²) in [5, 5.41) is 8.70. The molecule has 0 atom stereocenters. The Bertz CT molecular complexity index is 408. The molecule has 0 spiro atoms. The van der Waals surface area contributed by atoms with Gasteiger partial charge in [-0.05, 0) is 6.07 Å². The van der Waals surface area contributed by atoms with Gasteiger partial charge in [0.1, 0.15) is 5.82 Å². The number of hydrogen-bond donors (Lipinski definition) is 1. The number of aromatic carboxylic acids is 1. The van der Waals surface area contributed by atoms with Gasteiger partial charge >= 0.3 is 5.97 Å². The van der Waals surface area contributed by atoms with Crippen LogP contribution in [0, 0.1) is 5.82 Å². The van der Waals surface area contributed by atoms with Crippen LogP contribution in [0.4, 0.5) is 4.39 Å². The van der Waals surface area contributed by atoms with E-state index in [2.05, 4.69) is 9.72 Å². The summed E-state index contributed by atoms with van der Waals surface area (Å²) in [6, 6.07) is 0.877. The van der Waals surface area contributed by atoms with Crippen LogP contribution < -0.4 is 0 Å². The molecule has 1 aromatic heterocycles. The van der Waals surface area contributed by atoms with Crippen LogP contribution in [0.25, 0.3) is 0 Å². The van der Waals surface area contributed by atoms with E-state index in [9.17, 15) is 9.18 Å². The number of pyridine rings is 1. The van der Waals surface area contributed by atoms with E-state index in [0.29, 0.717) is 0 Å². The maximum atomic E-state index is 12.8. The van der Waals surface area contributed by atoms with Gasteiger partial charge in [-0.2, -0.15) is 0 Å². The van der Waals surface area contributed by atoms with Crippen molar-refractivity contribution in [2.45, 2.75) is 6.61 Å². The van der Waals surface area contributed by atoms with Gasteiger partial charge in [-0.15, -0.1) is 0 Å². The number of carboxylic acids is 1. The third kappa shape index (κ3) is 2.22. The highest BCUT2D eigenvalue weighted by Gasteiger charge is 2.12. The molecule has 0 aliphatic heterocycles. The number of carbonyl (C=O) groups is 1. The molecule has 0 unspecified atom stereocenters. The summed E-state index contributed by atoms with van der Waals surface area (Å²) in [5.74, 6) is -2.13. The lowest BCUT2D eigenvalue weighted by Crippen LogP contribution is -2.07. The third-order valence-corrected chi connectivity index (χ3v) is 1.36. The summed E-state index contributed by atoms with van der Waals surface area (Å²) in [7, 11) is -2.66. The van der Waals surface area contributed by atoms with Crippen molar-refractivity contribution in [3.63, 3.8) is 0 Å². The van der Waals surface area contributed by atoms with Crippen LogP contribution >= 0.6 is 0 Å². The molecule has 0 fully saturated rings. The Morgan fingerprint density at radius 1 is 1.92 bits per heavy atom. The summed E-state index contributed by atoms with van der Waals surface area (Å²) in [6.07, 6.45) is 0.738. The lowest BCUT2D eigenvalue weighted by Gasteiger charge is -2.02. The number of aromatic nitrogens is 1. The van der Waals surface area contributed by atoms with E-state index in [1.165, 1.54) is 0 Å². The molecule has 70 valence electrons. The number of methoxy groups -OCH3 is 1. The summed E-state index contributed by atoms with van der Waals surface area (Å²) in [5.41, 5.74) is -0.547. The molecule has 0 aromatic carbocycles. The second-order valence-electron chi connectivity index (χ2n) is 2.26. The number of carboxylic acid groups (broad SMARTS) is 1. The summed E-state index contributed by atoms with van der Waals surface area (Å²) < 4.78 is 37.5. The standard InChI is InChI=1S/C8H8FNO3/c1-13-4-5-2-6(9)3-10-7(5)8(11)12/h2-3H,4H2,1H3,(H,11,12)/i1D3. The second kappa shape index (κ2) is 3.95. The average molecular weight is 188 g/mol. The Labute approximate surface area is 78.2 Å².